The van der Waals surface area contributed by atoms with Crippen LogP contribution in [0.2, 0.25) is 0 Å². The maximum Gasteiger partial charge on any atom is 0.451 e. The standard InChI is InChI=1S/C27H20F3N5O4S/c28-27(29,30)23-21(34-25(39-23)16-4-2-1-3-5-16)14-40-26-20(11-32)22(19(10-31)24(33)35-26)15-6-8-18(9-7-15)38-13-17(37)12-36/h1-9,17,36-37H,12-14H2,(H2,33,35)/t17-/m0/s1. The second-order valence-electron chi connectivity index (χ2n) is 8.27. The maximum absolute atomic E-state index is 13.7. The number of aromatic nitrogens is 2. The second kappa shape index (κ2) is 12.1. The van der Waals surface area contributed by atoms with Gasteiger partial charge in [-0.15, -0.1) is 0 Å². The molecule has 40 heavy (non-hydrogen) atoms. The molecule has 0 spiro atoms. The summed E-state index contributed by atoms with van der Waals surface area (Å²) in [6.07, 6.45) is -5.88. The van der Waals surface area contributed by atoms with Gasteiger partial charge in [0.15, 0.2) is 0 Å². The molecular weight excluding hydrogens is 547 g/mol. The average Bonchev–Trinajstić information content (AvgIpc) is 3.40. The Balaban J connectivity index is 1.69. The molecule has 0 aliphatic rings. The molecule has 0 saturated heterocycles. The number of hydrogen-bond acceptors (Lipinski definition) is 10. The Morgan fingerprint density at radius 3 is 2.27 bits per heavy atom. The zero-order chi connectivity index (χ0) is 28.9. The van der Waals surface area contributed by atoms with Gasteiger partial charge in [0.2, 0.25) is 11.7 Å². The van der Waals surface area contributed by atoms with E-state index in [9.17, 15) is 28.8 Å². The first kappa shape index (κ1) is 28.4. The Morgan fingerprint density at radius 2 is 1.68 bits per heavy atom. The van der Waals surface area contributed by atoms with Gasteiger partial charge in [-0.25, -0.2) is 9.97 Å². The van der Waals surface area contributed by atoms with Crippen molar-refractivity contribution in [3.05, 3.63) is 77.2 Å². The molecule has 9 nitrogen and oxygen atoms in total. The summed E-state index contributed by atoms with van der Waals surface area (Å²) in [6.45, 7) is -0.627. The molecular formula is C27H20F3N5O4S. The largest absolute Gasteiger partial charge is 0.491 e. The summed E-state index contributed by atoms with van der Waals surface area (Å²) < 4.78 is 51.7. The van der Waals surface area contributed by atoms with E-state index in [2.05, 4.69) is 9.97 Å². The molecule has 0 unspecified atom stereocenters. The predicted molar refractivity (Wildman–Crippen MR) is 139 cm³/mol. The summed E-state index contributed by atoms with van der Waals surface area (Å²) >= 11 is 0.801. The van der Waals surface area contributed by atoms with Crippen LogP contribution in [0.25, 0.3) is 22.6 Å². The lowest BCUT2D eigenvalue weighted by Crippen LogP contribution is -2.21. The highest BCUT2D eigenvalue weighted by Gasteiger charge is 2.39. The summed E-state index contributed by atoms with van der Waals surface area (Å²) in [5.74, 6) is -1.67. The van der Waals surface area contributed by atoms with Gasteiger partial charge < -0.3 is 25.1 Å². The van der Waals surface area contributed by atoms with E-state index in [1.165, 1.54) is 12.1 Å². The van der Waals surface area contributed by atoms with Gasteiger partial charge in [0, 0.05) is 16.9 Å². The third-order valence-electron chi connectivity index (χ3n) is 5.53. The van der Waals surface area contributed by atoms with Crippen molar-refractivity contribution in [1.29, 1.82) is 10.5 Å². The van der Waals surface area contributed by atoms with E-state index in [0.717, 1.165) is 11.8 Å². The van der Waals surface area contributed by atoms with Gasteiger partial charge in [-0.05, 0) is 29.8 Å². The number of benzene rings is 2. The van der Waals surface area contributed by atoms with Gasteiger partial charge in [0.1, 0.15) is 52.7 Å². The number of halogens is 3. The highest BCUT2D eigenvalue weighted by atomic mass is 32.2. The molecule has 1 atom stereocenters. The van der Waals surface area contributed by atoms with Crippen LogP contribution in [0.4, 0.5) is 19.0 Å². The van der Waals surface area contributed by atoms with Crippen LogP contribution in [0.1, 0.15) is 22.6 Å². The first-order chi connectivity index (χ1) is 19.2. The van der Waals surface area contributed by atoms with Gasteiger partial charge in [0.05, 0.1) is 12.2 Å². The molecule has 0 bridgehead atoms. The van der Waals surface area contributed by atoms with Crippen LogP contribution in [-0.2, 0) is 11.9 Å². The summed E-state index contributed by atoms with van der Waals surface area (Å²) in [7, 11) is 0. The smallest absolute Gasteiger partial charge is 0.451 e. The summed E-state index contributed by atoms with van der Waals surface area (Å²) in [5, 5.41) is 38.1. The van der Waals surface area contributed by atoms with Crippen molar-refractivity contribution in [3.8, 4) is 40.5 Å². The van der Waals surface area contributed by atoms with E-state index in [1.54, 1.807) is 42.5 Å². The molecule has 0 amide bonds. The SMILES string of the molecule is N#Cc1c(N)nc(SCc2nc(-c3ccccc3)oc2C(F)(F)F)c(C#N)c1-c1ccc(OC[C@@H](O)CO)cc1. The molecule has 2 heterocycles. The van der Waals surface area contributed by atoms with Crippen molar-refractivity contribution in [2.75, 3.05) is 18.9 Å². The molecule has 2 aromatic heterocycles. The van der Waals surface area contributed by atoms with E-state index >= 15 is 0 Å². The number of nitrogen functional groups attached to an aromatic ring is 1. The fraction of sp³-hybridized carbons (Fsp3) is 0.185. The Bertz CT molecular complexity index is 1580. The fourth-order valence-electron chi connectivity index (χ4n) is 3.67. The van der Waals surface area contributed by atoms with Crippen molar-refractivity contribution >= 4 is 17.6 Å². The molecule has 4 aromatic rings. The highest BCUT2D eigenvalue weighted by molar-refractivity contribution is 7.98. The van der Waals surface area contributed by atoms with Crippen molar-refractivity contribution in [2.24, 2.45) is 0 Å². The first-order valence-electron chi connectivity index (χ1n) is 11.6. The molecule has 0 aliphatic carbocycles. The number of aliphatic hydroxyl groups excluding tert-OH is 2. The number of nitrogens with zero attached hydrogens (tertiary/aromatic N) is 4. The summed E-state index contributed by atoms with van der Waals surface area (Å²) in [6, 6.07) is 18.2. The molecule has 0 radical (unpaired) electrons. The molecule has 204 valence electrons. The fourth-order valence-corrected chi connectivity index (χ4v) is 4.59. The van der Waals surface area contributed by atoms with Crippen LogP contribution in [0.5, 0.6) is 5.75 Å². The minimum Gasteiger partial charge on any atom is -0.491 e. The Hall–Kier alpha value is -4.56. The van der Waals surface area contributed by atoms with Crippen LogP contribution < -0.4 is 10.5 Å². The van der Waals surface area contributed by atoms with E-state index in [1.807, 2.05) is 12.1 Å². The minimum absolute atomic E-state index is 0.0118. The molecule has 0 fully saturated rings. The van der Waals surface area contributed by atoms with Crippen LogP contribution in [0.3, 0.4) is 0 Å². The van der Waals surface area contributed by atoms with E-state index in [4.69, 9.17) is 20.0 Å². The molecule has 0 saturated carbocycles. The van der Waals surface area contributed by atoms with Gasteiger partial charge in [-0.3, -0.25) is 0 Å². The third-order valence-corrected chi connectivity index (χ3v) is 6.52. The lowest BCUT2D eigenvalue weighted by Gasteiger charge is -2.14. The quantitative estimate of drug-likeness (QED) is 0.240. The van der Waals surface area contributed by atoms with Crippen LogP contribution >= 0.6 is 11.8 Å². The summed E-state index contributed by atoms with van der Waals surface area (Å²) in [5.41, 5.74) is 6.43. The van der Waals surface area contributed by atoms with E-state index in [-0.39, 0.29) is 45.8 Å². The zero-order valence-corrected chi connectivity index (χ0v) is 21.3. The lowest BCUT2D eigenvalue weighted by molar-refractivity contribution is -0.153. The number of rotatable bonds is 9. The number of alkyl halides is 3. The Kier molecular flexibility index (Phi) is 8.60. The molecule has 4 rings (SSSR count). The second-order valence-corrected chi connectivity index (χ2v) is 9.23. The number of nitriles is 2. The van der Waals surface area contributed by atoms with Gasteiger partial charge in [0.25, 0.3) is 0 Å². The minimum atomic E-state index is -4.81. The Labute approximate surface area is 230 Å². The number of thioether (sulfide) groups is 1. The molecule has 0 aliphatic heterocycles. The summed E-state index contributed by atoms with van der Waals surface area (Å²) in [4.78, 5) is 8.18. The number of nitrogens with two attached hydrogens (primary N) is 1. The number of ether oxygens (including phenoxy) is 1. The molecule has 4 N–H and O–H groups in total. The number of hydrogen-bond donors (Lipinski definition) is 3. The number of oxazole rings is 1. The number of pyridine rings is 1. The van der Waals surface area contributed by atoms with Crippen LogP contribution in [-0.4, -0.2) is 39.5 Å². The van der Waals surface area contributed by atoms with E-state index < -0.39 is 30.3 Å². The molecule has 13 heteroatoms. The number of anilines is 1. The maximum atomic E-state index is 13.7. The van der Waals surface area contributed by atoms with Crippen LogP contribution in [0.15, 0.2) is 64.0 Å². The normalized spacial score (nSPS) is 12.0. The monoisotopic (exact) mass is 567 g/mol. The third kappa shape index (κ3) is 6.18. The number of aliphatic hydroxyl groups is 2. The average molecular weight is 568 g/mol. The first-order valence-corrected chi connectivity index (χ1v) is 12.6. The highest BCUT2D eigenvalue weighted by Crippen LogP contribution is 2.40. The van der Waals surface area contributed by atoms with E-state index in [0.29, 0.717) is 16.9 Å². The van der Waals surface area contributed by atoms with Crippen molar-refractivity contribution < 1.29 is 32.5 Å². The van der Waals surface area contributed by atoms with Gasteiger partial charge in [-0.1, -0.05) is 42.1 Å². The van der Waals surface area contributed by atoms with Crippen LogP contribution in [0, 0.1) is 22.7 Å². The van der Waals surface area contributed by atoms with Gasteiger partial charge in [-0.2, -0.15) is 23.7 Å². The van der Waals surface area contributed by atoms with Crippen molar-refractivity contribution in [3.63, 3.8) is 0 Å². The van der Waals surface area contributed by atoms with Crippen molar-refractivity contribution in [1.82, 2.24) is 9.97 Å². The Morgan fingerprint density at radius 1 is 1.00 bits per heavy atom. The predicted octanol–water partition coefficient (Wildman–Crippen LogP) is 4.77. The topological polar surface area (TPSA) is 162 Å². The lowest BCUT2D eigenvalue weighted by atomic mass is 9.97. The van der Waals surface area contributed by atoms with Gasteiger partial charge >= 0.3 is 6.18 Å². The molecule has 2 aromatic carbocycles. The zero-order valence-electron chi connectivity index (χ0n) is 20.5. The van der Waals surface area contributed by atoms with Crippen molar-refractivity contribution in [2.45, 2.75) is 23.1 Å².